The Morgan fingerprint density at radius 2 is 1.43 bits per heavy atom. The second-order valence-electron chi connectivity index (χ2n) is 6.58. The van der Waals surface area contributed by atoms with E-state index in [-0.39, 0.29) is 0 Å². The summed E-state index contributed by atoms with van der Waals surface area (Å²) >= 11 is 0. The van der Waals surface area contributed by atoms with Crippen LogP contribution in [0.15, 0.2) is 11.6 Å². The van der Waals surface area contributed by atoms with Crippen LogP contribution in [0.3, 0.4) is 0 Å². The summed E-state index contributed by atoms with van der Waals surface area (Å²) in [6, 6.07) is 0. The molecule has 0 spiro atoms. The van der Waals surface area contributed by atoms with E-state index in [2.05, 4.69) is 47.6 Å². The first-order valence-electron chi connectivity index (χ1n) is 8.68. The summed E-state index contributed by atoms with van der Waals surface area (Å²) in [7, 11) is 0. The van der Waals surface area contributed by atoms with Crippen molar-refractivity contribution >= 4 is 5.97 Å². The molecule has 0 saturated carbocycles. The number of carboxylic acid groups (broad SMARTS) is 1. The van der Waals surface area contributed by atoms with Crippen LogP contribution in [0.4, 0.5) is 0 Å². The number of rotatable bonds is 10. The number of hydrogen-bond donors (Lipinski definition) is 1. The topological polar surface area (TPSA) is 37.3 Å². The van der Waals surface area contributed by atoms with E-state index in [0.29, 0.717) is 12.3 Å². The van der Waals surface area contributed by atoms with E-state index >= 15 is 0 Å². The van der Waals surface area contributed by atoms with E-state index < -0.39 is 5.97 Å². The van der Waals surface area contributed by atoms with Gasteiger partial charge in [-0.3, -0.25) is 4.79 Å². The Morgan fingerprint density at radius 3 is 1.81 bits per heavy atom. The Hall–Kier alpha value is -0.790. The molecule has 0 aromatic heterocycles. The van der Waals surface area contributed by atoms with Crippen molar-refractivity contribution in [3.05, 3.63) is 11.6 Å². The Kier molecular flexibility index (Phi) is 16.7. The average molecular weight is 299 g/mol. The van der Waals surface area contributed by atoms with Gasteiger partial charge in [0.2, 0.25) is 0 Å². The first kappa shape index (κ1) is 22.5. The van der Waals surface area contributed by atoms with Crippen LogP contribution in [0.5, 0.6) is 0 Å². The minimum Gasteiger partial charge on any atom is -0.481 e. The van der Waals surface area contributed by atoms with Crippen LogP contribution in [0, 0.1) is 11.8 Å². The summed E-state index contributed by atoms with van der Waals surface area (Å²) in [5, 5.41) is 8.33. The van der Waals surface area contributed by atoms with Gasteiger partial charge in [-0.2, -0.15) is 0 Å². The fourth-order valence-corrected chi connectivity index (χ4v) is 2.30. The molecule has 0 amide bonds. The highest BCUT2D eigenvalue weighted by Crippen LogP contribution is 2.13. The predicted octanol–water partition coefficient (Wildman–Crippen LogP) is 6.46. The second-order valence-corrected chi connectivity index (χ2v) is 6.58. The molecule has 0 aromatic carbocycles. The number of allylic oxidation sites excluding steroid dienone is 2. The monoisotopic (exact) mass is 298 g/mol. The quantitative estimate of drug-likeness (QED) is 0.470. The smallest absolute Gasteiger partial charge is 0.303 e. The third-order valence-corrected chi connectivity index (χ3v) is 3.63. The highest BCUT2D eigenvalue weighted by Gasteiger charge is 2.03. The molecule has 0 aliphatic rings. The maximum Gasteiger partial charge on any atom is 0.303 e. The minimum atomic E-state index is -0.678. The van der Waals surface area contributed by atoms with E-state index in [4.69, 9.17) is 5.11 Å². The van der Waals surface area contributed by atoms with Crippen molar-refractivity contribution in [1.29, 1.82) is 0 Å². The largest absolute Gasteiger partial charge is 0.481 e. The zero-order chi connectivity index (χ0) is 16.7. The fourth-order valence-electron chi connectivity index (χ4n) is 2.30. The van der Waals surface area contributed by atoms with Gasteiger partial charge in [-0.05, 0) is 44.9 Å². The summed E-state index contributed by atoms with van der Waals surface area (Å²) in [5.41, 5.74) is 1.45. The molecule has 126 valence electrons. The lowest BCUT2D eigenvalue weighted by Crippen LogP contribution is -2.00. The van der Waals surface area contributed by atoms with Crippen LogP contribution in [0.2, 0.25) is 0 Å². The molecule has 0 aliphatic heterocycles. The van der Waals surface area contributed by atoms with E-state index in [9.17, 15) is 4.79 Å². The van der Waals surface area contributed by atoms with Crippen LogP contribution in [0.1, 0.15) is 92.9 Å². The summed E-state index contributed by atoms with van der Waals surface area (Å²) < 4.78 is 0. The number of carboxylic acids is 1. The molecule has 0 heterocycles. The average Bonchev–Trinajstić information content (AvgIpc) is 2.37. The minimum absolute atomic E-state index is 0.321. The van der Waals surface area contributed by atoms with E-state index in [1.54, 1.807) is 0 Å². The van der Waals surface area contributed by atoms with Crippen molar-refractivity contribution in [1.82, 2.24) is 0 Å². The fraction of sp³-hybridized carbons (Fsp3) is 0.842. The molecule has 0 bridgehead atoms. The maximum absolute atomic E-state index is 10.1. The summed E-state index contributed by atoms with van der Waals surface area (Å²) in [6.45, 7) is 13.2. The summed E-state index contributed by atoms with van der Waals surface area (Å²) in [6.07, 6.45) is 11.1. The molecule has 2 nitrogen and oxygen atoms in total. The second kappa shape index (κ2) is 15.6. The number of hydrogen-bond acceptors (Lipinski definition) is 1. The van der Waals surface area contributed by atoms with Gasteiger partial charge in [0.05, 0.1) is 0 Å². The van der Waals surface area contributed by atoms with Gasteiger partial charge in [-0.25, -0.2) is 0 Å². The molecule has 2 heteroatoms. The zero-order valence-corrected chi connectivity index (χ0v) is 15.2. The molecule has 2 atom stereocenters. The molecular formula is C19H38O2. The van der Waals surface area contributed by atoms with Gasteiger partial charge in [0, 0.05) is 6.42 Å². The lowest BCUT2D eigenvalue weighted by atomic mass is 10.00. The molecule has 0 rings (SSSR count). The number of aliphatic carboxylic acids is 1. The molecule has 0 aromatic rings. The van der Waals surface area contributed by atoms with Gasteiger partial charge in [-0.15, -0.1) is 0 Å². The van der Waals surface area contributed by atoms with E-state index in [1.807, 2.05) is 0 Å². The van der Waals surface area contributed by atoms with Gasteiger partial charge in [0.1, 0.15) is 0 Å². The standard InChI is InChI=1S/C11H22.C8H16O2/c1-5-7-11(4)9-6-8-10(2)3;1-3-4-7(2)5-6-8(9)10/h8,11H,5-7,9H2,1-4H3;7H,3-6H2,1-2H3,(H,9,10)/t11-;7-/m11/s1. The summed E-state index contributed by atoms with van der Waals surface area (Å²) in [4.78, 5) is 10.1. The highest BCUT2D eigenvalue weighted by atomic mass is 16.4. The van der Waals surface area contributed by atoms with E-state index in [1.165, 1.54) is 31.3 Å². The van der Waals surface area contributed by atoms with Crippen LogP contribution < -0.4 is 0 Å². The Balaban J connectivity index is 0. The van der Waals surface area contributed by atoms with Crippen molar-refractivity contribution in [3.63, 3.8) is 0 Å². The van der Waals surface area contributed by atoms with E-state index in [0.717, 1.165) is 25.2 Å². The van der Waals surface area contributed by atoms with Crippen molar-refractivity contribution in [2.24, 2.45) is 11.8 Å². The molecular weight excluding hydrogens is 260 g/mol. The molecule has 0 saturated heterocycles. The molecule has 21 heavy (non-hydrogen) atoms. The Morgan fingerprint density at radius 1 is 0.952 bits per heavy atom. The molecule has 0 aliphatic carbocycles. The van der Waals surface area contributed by atoms with Gasteiger partial charge in [-0.1, -0.05) is 65.0 Å². The lowest BCUT2D eigenvalue weighted by Gasteiger charge is -2.06. The first-order chi connectivity index (χ1) is 9.83. The number of carbonyl (C=O) groups is 1. The predicted molar refractivity (Wildman–Crippen MR) is 93.7 cm³/mol. The van der Waals surface area contributed by atoms with Crippen LogP contribution in [0.25, 0.3) is 0 Å². The van der Waals surface area contributed by atoms with Crippen molar-refractivity contribution < 1.29 is 9.90 Å². The molecule has 1 N–H and O–H groups in total. The third kappa shape index (κ3) is 21.7. The molecule has 0 radical (unpaired) electrons. The maximum atomic E-state index is 10.1. The van der Waals surface area contributed by atoms with Crippen molar-refractivity contribution in [2.45, 2.75) is 92.9 Å². The van der Waals surface area contributed by atoms with Gasteiger partial charge in [0.25, 0.3) is 0 Å². The van der Waals surface area contributed by atoms with Crippen molar-refractivity contribution in [3.8, 4) is 0 Å². The van der Waals surface area contributed by atoms with Crippen LogP contribution in [-0.4, -0.2) is 11.1 Å². The van der Waals surface area contributed by atoms with Gasteiger partial charge in [0.15, 0.2) is 0 Å². The van der Waals surface area contributed by atoms with Crippen molar-refractivity contribution in [2.75, 3.05) is 0 Å². The Bertz CT molecular complexity index is 265. The SMILES string of the molecule is CCC[C@@H](C)CCC(=O)O.CCC[C@@H](C)CCC=C(C)C. The van der Waals surface area contributed by atoms with Crippen LogP contribution in [-0.2, 0) is 4.79 Å². The molecule has 0 fully saturated rings. The lowest BCUT2D eigenvalue weighted by molar-refractivity contribution is -0.137. The third-order valence-electron chi connectivity index (χ3n) is 3.63. The summed E-state index contributed by atoms with van der Waals surface area (Å²) in [5.74, 6) is 0.805. The van der Waals surface area contributed by atoms with Crippen LogP contribution >= 0.6 is 0 Å². The normalized spacial score (nSPS) is 12.9. The highest BCUT2D eigenvalue weighted by molar-refractivity contribution is 5.66. The zero-order valence-electron chi connectivity index (χ0n) is 15.2. The molecule has 0 unspecified atom stereocenters. The Labute approximate surface area is 133 Å². The first-order valence-corrected chi connectivity index (χ1v) is 8.68. The van der Waals surface area contributed by atoms with Gasteiger partial charge >= 0.3 is 5.97 Å². The van der Waals surface area contributed by atoms with Gasteiger partial charge < -0.3 is 5.11 Å².